The van der Waals surface area contributed by atoms with Gasteiger partial charge in [-0.3, -0.25) is 14.2 Å². The number of aliphatic hydroxyl groups excluding tert-OH is 1. The number of nitrogens with one attached hydrogen (secondary N) is 1. The Morgan fingerprint density at radius 1 is 1.21 bits per heavy atom. The molecule has 2 heterocycles. The number of amides is 1. The van der Waals surface area contributed by atoms with Crippen LogP contribution in [0, 0.1) is 5.82 Å². The molecule has 0 saturated carbocycles. The van der Waals surface area contributed by atoms with Gasteiger partial charge in [0.2, 0.25) is 0 Å². The van der Waals surface area contributed by atoms with Crippen LogP contribution in [0.1, 0.15) is 27.5 Å². The fourth-order valence-corrected chi connectivity index (χ4v) is 3.91. The van der Waals surface area contributed by atoms with Gasteiger partial charge in [0.15, 0.2) is 5.65 Å². The molecule has 0 spiro atoms. The van der Waals surface area contributed by atoms with E-state index in [-0.39, 0.29) is 5.56 Å². The smallest absolute Gasteiger partial charge is 0.251 e. The zero-order chi connectivity index (χ0) is 20.0. The van der Waals surface area contributed by atoms with E-state index in [1.54, 1.807) is 35.3 Å². The van der Waals surface area contributed by atoms with E-state index < -0.39 is 23.9 Å². The maximum atomic E-state index is 14.4. The number of benzene rings is 2. The average molecular weight is 388 g/mol. The first-order valence-electron chi connectivity index (χ1n) is 9.25. The molecule has 2 aromatic carbocycles. The van der Waals surface area contributed by atoms with E-state index in [9.17, 15) is 14.3 Å². The summed E-state index contributed by atoms with van der Waals surface area (Å²) in [5.41, 5.74) is 3.83. The molecule has 0 unspecified atom stereocenters. The number of aliphatic hydroxyl groups is 1. The SMILES string of the molecule is O=C(N[C@H]1c2ccccc2C[C@H]1O)c1cc(F)cc(-c2cncc3nccn23)c1. The van der Waals surface area contributed by atoms with Crippen molar-refractivity contribution in [2.24, 2.45) is 0 Å². The van der Waals surface area contributed by atoms with Crippen LogP contribution >= 0.6 is 0 Å². The highest BCUT2D eigenvalue weighted by Gasteiger charge is 2.32. The minimum Gasteiger partial charge on any atom is -0.390 e. The molecule has 6 nitrogen and oxygen atoms in total. The van der Waals surface area contributed by atoms with Crippen molar-refractivity contribution in [2.45, 2.75) is 18.6 Å². The first-order chi connectivity index (χ1) is 14.1. The van der Waals surface area contributed by atoms with E-state index in [2.05, 4.69) is 15.3 Å². The number of fused-ring (bicyclic) bond motifs is 2. The van der Waals surface area contributed by atoms with E-state index in [0.29, 0.717) is 23.3 Å². The summed E-state index contributed by atoms with van der Waals surface area (Å²) in [6, 6.07) is 11.2. The van der Waals surface area contributed by atoms with E-state index >= 15 is 0 Å². The largest absolute Gasteiger partial charge is 0.390 e. The number of halogens is 1. The Kier molecular flexibility index (Phi) is 4.10. The van der Waals surface area contributed by atoms with Gasteiger partial charge in [0.25, 0.3) is 5.91 Å². The molecule has 1 amide bonds. The molecular weight excluding hydrogens is 371 g/mol. The zero-order valence-corrected chi connectivity index (χ0v) is 15.3. The van der Waals surface area contributed by atoms with Gasteiger partial charge in [0, 0.05) is 29.9 Å². The summed E-state index contributed by atoms with van der Waals surface area (Å²) in [6.45, 7) is 0. The van der Waals surface area contributed by atoms with Crippen molar-refractivity contribution in [2.75, 3.05) is 0 Å². The third-order valence-corrected chi connectivity index (χ3v) is 5.26. The Balaban J connectivity index is 1.49. The number of nitrogens with zero attached hydrogens (tertiary/aromatic N) is 3. The predicted molar refractivity (Wildman–Crippen MR) is 105 cm³/mol. The summed E-state index contributed by atoms with van der Waals surface area (Å²) in [7, 11) is 0. The number of aromatic nitrogens is 3. The lowest BCUT2D eigenvalue weighted by Crippen LogP contribution is -2.33. The topological polar surface area (TPSA) is 79.5 Å². The maximum Gasteiger partial charge on any atom is 0.251 e. The third kappa shape index (κ3) is 3.05. The Morgan fingerprint density at radius 2 is 2.07 bits per heavy atom. The second-order valence-corrected chi connectivity index (χ2v) is 7.10. The molecule has 144 valence electrons. The minimum absolute atomic E-state index is 0.175. The fourth-order valence-electron chi connectivity index (χ4n) is 3.91. The predicted octanol–water partition coefficient (Wildman–Crippen LogP) is 2.92. The monoisotopic (exact) mass is 388 g/mol. The van der Waals surface area contributed by atoms with Crippen LogP contribution in [0.3, 0.4) is 0 Å². The molecule has 0 bridgehead atoms. The molecule has 7 heteroatoms. The van der Waals surface area contributed by atoms with Crippen molar-refractivity contribution in [3.8, 4) is 11.3 Å². The first kappa shape index (κ1) is 17.5. The standard InChI is InChI=1S/C22H17FN4O2/c23-16-8-14(18-11-24-12-20-25-5-6-27(18)20)7-15(9-16)22(29)26-21-17-4-2-1-3-13(17)10-19(21)28/h1-9,11-12,19,21,28H,10H2,(H,26,29)/t19-,21+/m1/s1. The van der Waals surface area contributed by atoms with Crippen LogP contribution in [0.15, 0.2) is 67.3 Å². The number of carbonyl (C=O) groups excluding carboxylic acids is 1. The summed E-state index contributed by atoms with van der Waals surface area (Å²) in [6.07, 6.45) is 6.35. The summed E-state index contributed by atoms with van der Waals surface area (Å²) < 4.78 is 16.1. The Labute approximate surface area is 165 Å². The maximum absolute atomic E-state index is 14.4. The van der Waals surface area contributed by atoms with Crippen LogP contribution in [-0.4, -0.2) is 31.5 Å². The second-order valence-electron chi connectivity index (χ2n) is 7.10. The molecule has 1 aliphatic carbocycles. The fraction of sp³-hybridized carbons (Fsp3) is 0.136. The second kappa shape index (κ2) is 6.79. The molecule has 1 aliphatic rings. The molecule has 2 aromatic heterocycles. The van der Waals surface area contributed by atoms with Crippen LogP contribution in [0.2, 0.25) is 0 Å². The van der Waals surface area contributed by atoms with Gasteiger partial charge in [-0.1, -0.05) is 24.3 Å². The number of hydrogen-bond acceptors (Lipinski definition) is 4. The summed E-state index contributed by atoms with van der Waals surface area (Å²) in [5.74, 6) is -0.977. The quantitative estimate of drug-likeness (QED) is 0.566. The summed E-state index contributed by atoms with van der Waals surface area (Å²) >= 11 is 0. The van der Waals surface area contributed by atoms with Crippen molar-refractivity contribution < 1.29 is 14.3 Å². The van der Waals surface area contributed by atoms with Crippen LogP contribution in [0.25, 0.3) is 16.9 Å². The normalized spacial score (nSPS) is 18.0. The van der Waals surface area contributed by atoms with E-state index in [1.807, 2.05) is 24.3 Å². The van der Waals surface area contributed by atoms with Crippen molar-refractivity contribution in [1.29, 1.82) is 0 Å². The van der Waals surface area contributed by atoms with Gasteiger partial charge in [-0.05, 0) is 29.3 Å². The van der Waals surface area contributed by atoms with E-state index in [1.165, 1.54) is 12.1 Å². The third-order valence-electron chi connectivity index (χ3n) is 5.26. The van der Waals surface area contributed by atoms with Crippen LogP contribution in [0.4, 0.5) is 4.39 Å². The van der Waals surface area contributed by atoms with Crippen molar-refractivity contribution in [1.82, 2.24) is 19.7 Å². The highest BCUT2D eigenvalue weighted by atomic mass is 19.1. The molecule has 5 rings (SSSR count). The van der Waals surface area contributed by atoms with Gasteiger partial charge < -0.3 is 10.4 Å². The number of imidazole rings is 1. The van der Waals surface area contributed by atoms with Crippen LogP contribution in [-0.2, 0) is 6.42 Å². The van der Waals surface area contributed by atoms with Gasteiger partial charge in [-0.15, -0.1) is 0 Å². The summed E-state index contributed by atoms with van der Waals surface area (Å²) in [5, 5.41) is 13.2. The number of rotatable bonds is 3. The van der Waals surface area contributed by atoms with E-state index in [0.717, 1.165) is 11.1 Å². The molecule has 0 saturated heterocycles. The van der Waals surface area contributed by atoms with Gasteiger partial charge in [0.05, 0.1) is 30.2 Å². The van der Waals surface area contributed by atoms with Gasteiger partial charge >= 0.3 is 0 Å². The number of hydrogen-bond donors (Lipinski definition) is 2. The lowest BCUT2D eigenvalue weighted by Gasteiger charge is -2.18. The molecule has 0 fully saturated rings. The van der Waals surface area contributed by atoms with E-state index in [4.69, 9.17) is 0 Å². The molecule has 0 aliphatic heterocycles. The van der Waals surface area contributed by atoms with Gasteiger partial charge in [-0.25, -0.2) is 9.37 Å². The highest BCUT2D eigenvalue weighted by molar-refractivity contribution is 5.95. The molecule has 2 N–H and O–H groups in total. The summed E-state index contributed by atoms with van der Waals surface area (Å²) in [4.78, 5) is 21.2. The zero-order valence-electron chi connectivity index (χ0n) is 15.3. The van der Waals surface area contributed by atoms with Gasteiger partial charge in [0.1, 0.15) is 5.82 Å². The van der Waals surface area contributed by atoms with Crippen molar-refractivity contribution in [3.63, 3.8) is 0 Å². The van der Waals surface area contributed by atoms with Crippen molar-refractivity contribution >= 4 is 11.6 Å². The molecule has 29 heavy (non-hydrogen) atoms. The Bertz CT molecular complexity index is 1240. The van der Waals surface area contributed by atoms with Gasteiger partial charge in [-0.2, -0.15) is 0 Å². The highest BCUT2D eigenvalue weighted by Crippen LogP contribution is 2.31. The van der Waals surface area contributed by atoms with Crippen molar-refractivity contribution in [3.05, 3.63) is 89.8 Å². The Morgan fingerprint density at radius 3 is 2.97 bits per heavy atom. The lowest BCUT2D eigenvalue weighted by atomic mass is 10.0. The average Bonchev–Trinajstić information content (AvgIpc) is 3.32. The van der Waals surface area contributed by atoms with Crippen LogP contribution < -0.4 is 5.32 Å². The minimum atomic E-state index is -0.715. The first-order valence-corrected chi connectivity index (χ1v) is 9.25. The Hall–Kier alpha value is -3.58. The molecule has 0 radical (unpaired) electrons. The molecular formula is C22H17FN4O2. The van der Waals surface area contributed by atoms with Crippen LogP contribution in [0.5, 0.6) is 0 Å². The molecule has 2 atom stereocenters. The molecule has 4 aromatic rings. The number of carbonyl (C=O) groups is 1. The lowest BCUT2D eigenvalue weighted by molar-refractivity contribution is 0.0858.